The summed E-state index contributed by atoms with van der Waals surface area (Å²) < 4.78 is 0. The number of nitrogens with two attached hydrogens (primary N) is 1. The summed E-state index contributed by atoms with van der Waals surface area (Å²) in [4.78, 5) is 7.94. The molecule has 2 rings (SSSR count). The van der Waals surface area contributed by atoms with E-state index in [0.29, 0.717) is 0 Å². The van der Waals surface area contributed by atoms with Crippen LogP contribution in [0, 0.1) is 0 Å². The van der Waals surface area contributed by atoms with Crippen molar-refractivity contribution in [1.29, 1.82) is 0 Å². The molecule has 2 aromatic heterocycles. The van der Waals surface area contributed by atoms with E-state index in [-0.39, 0.29) is 6.04 Å². The van der Waals surface area contributed by atoms with Crippen LogP contribution in [0.1, 0.15) is 17.2 Å². The van der Waals surface area contributed by atoms with Crippen molar-refractivity contribution in [1.82, 2.24) is 9.97 Å². The molecular formula is C12H13N3. The zero-order valence-corrected chi connectivity index (χ0v) is 8.38. The first kappa shape index (κ1) is 9.80. The zero-order chi connectivity index (χ0) is 10.5. The third-order valence-electron chi connectivity index (χ3n) is 2.34. The maximum atomic E-state index is 6.08. The zero-order valence-electron chi connectivity index (χ0n) is 8.38. The molecule has 2 N–H and O–H groups in total. The van der Waals surface area contributed by atoms with Crippen LogP contribution >= 0.6 is 0 Å². The fourth-order valence-electron chi connectivity index (χ4n) is 1.50. The lowest BCUT2D eigenvalue weighted by molar-refractivity contribution is 0.719. The summed E-state index contributed by atoms with van der Waals surface area (Å²) in [6.45, 7) is 0. The van der Waals surface area contributed by atoms with E-state index in [1.807, 2.05) is 24.3 Å². The standard InChI is InChI=1S/C12H13N3/c13-12(11-3-7-15-8-4-11)9-10-1-5-14-6-2-10/h1-8,12H,9,13H2/t12-/m1/s1. The highest BCUT2D eigenvalue weighted by Crippen LogP contribution is 2.14. The smallest absolute Gasteiger partial charge is 0.0336 e. The molecule has 0 unspecified atom stereocenters. The molecule has 0 bridgehead atoms. The largest absolute Gasteiger partial charge is 0.324 e. The Morgan fingerprint density at radius 3 is 2.07 bits per heavy atom. The highest BCUT2D eigenvalue weighted by atomic mass is 14.7. The fourth-order valence-corrected chi connectivity index (χ4v) is 1.50. The lowest BCUT2D eigenvalue weighted by Gasteiger charge is -2.11. The second kappa shape index (κ2) is 4.66. The van der Waals surface area contributed by atoms with Gasteiger partial charge in [-0.15, -0.1) is 0 Å². The number of nitrogens with zero attached hydrogens (tertiary/aromatic N) is 2. The summed E-state index contributed by atoms with van der Waals surface area (Å²) in [6, 6.07) is 7.90. The molecule has 0 spiro atoms. The number of rotatable bonds is 3. The van der Waals surface area contributed by atoms with Gasteiger partial charge in [0.05, 0.1) is 0 Å². The Morgan fingerprint density at radius 2 is 1.47 bits per heavy atom. The van der Waals surface area contributed by atoms with Gasteiger partial charge in [-0.1, -0.05) is 0 Å². The van der Waals surface area contributed by atoms with Crippen molar-refractivity contribution in [2.75, 3.05) is 0 Å². The predicted octanol–water partition coefficient (Wildman–Crippen LogP) is 1.72. The van der Waals surface area contributed by atoms with E-state index in [9.17, 15) is 0 Å². The van der Waals surface area contributed by atoms with Crippen LogP contribution in [0.4, 0.5) is 0 Å². The van der Waals surface area contributed by atoms with Crippen molar-refractivity contribution >= 4 is 0 Å². The van der Waals surface area contributed by atoms with E-state index in [1.54, 1.807) is 24.8 Å². The van der Waals surface area contributed by atoms with E-state index in [4.69, 9.17) is 5.73 Å². The van der Waals surface area contributed by atoms with Gasteiger partial charge in [-0.25, -0.2) is 0 Å². The Hall–Kier alpha value is -1.74. The number of pyridine rings is 2. The molecule has 0 aliphatic carbocycles. The molecule has 0 aromatic carbocycles. The highest BCUT2D eigenvalue weighted by molar-refractivity contribution is 5.19. The lowest BCUT2D eigenvalue weighted by atomic mass is 10.0. The van der Waals surface area contributed by atoms with Crippen molar-refractivity contribution in [3.8, 4) is 0 Å². The predicted molar refractivity (Wildman–Crippen MR) is 59.1 cm³/mol. The van der Waals surface area contributed by atoms with E-state index < -0.39 is 0 Å². The van der Waals surface area contributed by atoms with Crippen LogP contribution < -0.4 is 5.73 Å². The molecule has 0 radical (unpaired) electrons. The van der Waals surface area contributed by atoms with E-state index >= 15 is 0 Å². The first-order valence-corrected chi connectivity index (χ1v) is 4.90. The van der Waals surface area contributed by atoms with Crippen LogP contribution in [-0.4, -0.2) is 9.97 Å². The van der Waals surface area contributed by atoms with Crippen LogP contribution in [0.5, 0.6) is 0 Å². The molecule has 0 saturated heterocycles. The minimum Gasteiger partial charge on any atom is -0.324 e. The summed E-state index contributed by atoms with van der Waals surface area (Å²) in [5, 5.41) is 0. The number of hydrogen-bond donors (Lipinski definition) is 1. The molecule has 1 atom stereocenters. The number of hydrogen-bond acceptors (Lipinski definition) is 3. The second-order valence-corrected chi connectivity index (χ2v) is 3.45. The summed E-state index contributed by atoms with van der Waals surface area (Å²) in [5.41, 5.74) is 8.39. The van der Waals surface area contributed by atoms with Crippen LogP contribution in [0.2, 0.25) is 0 Å². The summed E-state index contributed by atoms with van der Waals surface area (Å²) in [5.74, 6) is 0. The first-order chi connectivity index (χ1) is 7.36. The van der Waals surface area contributed by atoms with Gasteiger partial charge in [0.15, 0.2) is 0 Å². The van der Waals surface area contributed by atoms with Crippen LogP contribution in [0.15, 0.2) is 49.1 Å². The SMILES string of the molecule is N[C@H](Cc1ccncc1)c1ccncc1. The van der Waals surface area contributed by atoms with Crippen molar-refractivity contribution in [2.24, 2.45) is 5.73 Å². The molecule has 76 valence electrons. The van der Waals surface area contributed by atoms with Gasteiger partial charge in [-0.3, -0.25) is 9.97 Å². The maximum absolute atomic E-state index is 6.08. The lowest BCUT2D eigenvalue weighted by Crippen LogP contribution is -2.13. The molecule has 0 fully saturated rings. The average molecular weight is 199 g/mol. The Kier molecular flexibility index (Phi) is 3.05. The van der Waals surface area contributed by atoms with Gasteiger partial charge in [0.25, 0.3) is 0 Å². The quantitative estimate of drug-likeness (QED) is 0.818. The van der Waals surface area contributed by atoms with Crippen LogP contribution in [0.3, 0.4) is 0 Å². The normalized spacial score (nSPS) is 12.3. The van der Waals surface area contributed by atoms with Crippen molar-refractivity contribution in [3.63, 3.8) is 0 Å². The van der Waals surface area contributed by atoms with Gasteiger partial charge in [0, 0.05) is 30.8 Å². The minimum absolute atomic E-state index is 0.0235. The molecule has 2 heterocycles. The van der Waals surface area contributed by atoms with Gasteiger partial charge in [0.1, 0.15) is 0 Å². The fraction of sp³-hybridized carbons (Fsp3) is 0.167. The molecule has 0 aliphatic heterocycles. The topological polar surface area (TPSA) is 51.8 Å². The molecule has 2 aromatic rings. The molecular weight excluding hydrogens is 186 g/mol. The molecule has 3 nitrogen and oxygen atoms in total. The Bertz CT molecular complexity index is 400. The van der Waals surface area contributed by atoms with E-state index in [1.165, 1.54) is 5.56 Å². The highest BCUT2D eigenvalue weighted by Gasteiger charge is 2.05. The van der Waals surface area contributed by atoms with Gasteiger partial charge in [-0.2, -0.15) is 0 Å². The summed E-state index contributed by atoms with van der Waals surface area (Å²) >= 11 is 0. The summed E-state index contributed by atoms with van der Waals surface area (Å²) in [7, 11) is 0. The molecule has 0 amide bonds. The Morgan fingerprint density at radius 1 is 0.933 bits per heavy atom. The first-order valence-electron chi connectivity index (χ1n) is 4.90. The average Bonchev–Trinajstić information content (AvgIpc) is 2.31. The number of aromatic nitrogens is 2. The van der Waals surface area contributed by atoms with Crippen LogP contribution in [-0.2, 0) is 6.42 Å². The third-order valence-corrected chi connectivity index (χ3v) is 2.34. The van der Waals surface area contributed by atoms with Gasteiger partial charge in [-0.05, 0) is 41.8 Å². The van der Waals surface area contributed by atoms with E-state index in [0.717, 1.165) is 12.0 Å². The van der Waals surface area contributed by atoms with Crippen molar-refractivity contribution < 1.29 is 0 Å². The third kappa shape index (κ3) is 2.60. The maximum Gasteiger partial charge on any atom is 0.0336 e. The molecule has 15 heavy (non-hydrogen) atoms. The summed E-state index contributed by atoms with van der Waals surface area (Å²) in [6.07, 6.45) is 7.93. The molecule has 0 saturated carbocycles. The van der Waals surface area contributed by atoms with Crippen molar-refractivity contribution in [3.05, 3.63) is 60.2 Å². The van der Waals surface area contributed by atoms with Crippen molar-refractivity contribution in [2.45, 2.75) is 12.5 Å². The minimum atomic E-state index is 0.0235. The van der Waals surface area contributed by atoms with Gasteiger partial charge in [0.2, 0.25) is 0 Å². The van der Waals surface area contributed by atoms with Crippen LogP contribution in [0.25, 0.3) is 0 Å². The van der Waals surface area contributed by atoms with Gasteiger partial charge >= 0.3 is 0 Å². The Balaban J connectivity index is 2.08. The monoisotopic (exact) mass is 199 g/mol. The van der Waals surface area contributed by atoms with Gasteiger partial charge < -0.3 is 5.73 Å². The van der Waals surface area contributed by atoms with E-state index in [2.05, 4.69) is 9.97 Å². The second-order valence-electron chi connectivity index (χ2n) is 3.45. The Labute approximate surface area is 89.0 Å². The molecule has 0 aliphatic rings. The molecule has 3 heteroatoms.